The van der Waals surface area contributed by atoms with Gasteiger partial charge in [-0.15, -0.1) is 10.2 Å². The van der Waals surface area contributed by atoms with Gasteiger partial charge in [0.2, 0.25) is 11.8 Å². The van der Waals surface area contributed by atoms with Crippen LogP contribution in [0.1, 0.15) is 49.6 Å². The summed E-state index contributed by atoms with van der Waals surface area (Å²) in [4.78, 5) is 9.98. The maximum Gasteiger partial charge on any atom is 0.216 e. The summed E-state index contributed by atoms with van der Waals surface area (Å²) in [6, 6.07) is 6.68. The highest BCUT2D eigenvalue weighted by atomic mass is 19.1. The van der Waals surface area contributed by atoms with Crippen LogP contribution < -0.4 is 15.0 Å². The van der Waals surface area contributed by atoms with Gasteiger partial charge in [0, 0.05) is 29.8 Å². The topological polar surface area (TPSA) is 96.3 Å². The molecule has 0 unspecified atom stereocenters. The molecule has 3 fully saturated rings. The molecule has 37 heavy (non-hydrogen) atoms. The van der Waals surface area contributed by atoms with Crippen LogP contribution in [0.2, 0.25) is 0 Å². The second-order valence-electron chi connectivity index (χ2n) is 10.5. The molecule has 8 nitrogen and oxygen atoms in total. The minimum Gasteiger partial charge on any atom is -0.507 e. The standard InChI is InChI=1S/C27H30F2N6O2/c1-27-9-3-4-19(32-27)25(29)20(13-27)35(17-6-7-17)23-14-30-26(34-33-23)18-8-5-15(10-21(18)36)16-11-22(28)31-24(12-16)37-2/h5,8,10-12,14,17,19-20,25,32,36H,3-4,6-7,9,13H2,1-2H3/t19-,20-,25+,27-/m0/s1/i2D3. The highest BCUT2D eigenvalue weighted by Crippen LogP contribution is 2.42. The van der Waals surface area contributed by atoms with Crippen molar-refractivity contribution < 1.29 is 22.7 Å². The normalized spacial score (nSPS) is 28.6. The number of fused-ring (bicyclic) bond motifs is 2. The number of hydrogen-bond acceptors (Lipinski definition) is 8. The smallest absolute Gasteiger partial charge is 0.216 e. The number of phenolic OH excluding ortho intramolecular Hbond substituents is 1. The van der Waals surface area contributed by atoms with Crippen molar-refractivity contribution in [2.45, 2.75) is 75.3 Å². The van der Waals surface area contributed by atoms with Crippen molar-refractivity contribution in [3.63, 3.8) is 0 Å². The van der Waals surface area contributed by atoms with Gasteiger partial charge in [0.25, 0.3) is 0 Å². The lowest BCUT2D eigenvalue weighted by Crippen LogP contribution is -2.67. The van der Waals surface area contributed by atoms with E-state index in [9.17, 15) is 9.50 Å². The average molecular weight is 512 g/mol. The van der Waals surface area contributed by atoms with Gasteiger partial charge in [0.05, 0.1) is 29.0 Å². The third-order valence-corrected chi connectivity index (χ3v) is 7.75. The van der Waals surface area contributed by atoms with Gasteiger partial charge in [-0.3, -0.25) is 0 Å². The highest BCUT2D eigenvalue weighted by molar-refractivity contribution is 5.73. The summed E-state index contributed by atoms with van der Waals surface area (Å²) in [6.45, 7) is 2.17. The fraction of sp³-hybridized carbons (Fsp3) is 0.481. The fourth-order valence-corrected chi connectivity index (χ4v) is 5.88. The maximum atomic E-state index is 15.7. The largest absolute Gasteiger partial charge is 0.507 e. The summed E-state index contributed by atoms with van der Waals surface area (Å²) < 4.78 is 56.1. The lowest BCUT2D eigenvalue weighted by atomic mass is 9.74. The van der Waals surface area contributed by atoms with Crippen LogP contribution in [-0.4, -0.2) is 62.1 Å². The first-order valence-corrected chi connectivity index (χ1v) is 12.6. The molecule has 1 aliphatic carbocycles. The molecule has 0 radical (unpaired) electrons. The molecule has 2 saturated heterocycles. The number of anilines is 1. The number of methoxy groups -OCH3 is 1. The van der Waals surface area contributed by atoms with Crippen LogP contribution in [0.4, 0.5) is 14.6 Å². The number of nitrogens with zero attached hydrogens (tertiary/aromatic N) is 5. The molecule has 0 amide bonds. The van der Waals surface area contributed by atoms with E-state index in [1.807, 2.05) is 0 Å². The number of hydrogen-bond donors (Lipinski definition) is 2. The Balaban J connectivity index is 1.25. The number of aromatic nitrogens is 4. The van der Waals surface area contributed by atoms with Crippen LogP contribution in [0.25, 0.3) is 22.5 Å². The number of aromatic hydroxyl groups is 1. The Morgan fingerprint density at radius 2 is 2.05 bits per heavy atom. The molecule has 2 aliphatic heterocycles. The van der Waals surface area contributed by atoms with Gasteiger partial charge in [0.15, 0.2) is 11.6 Å². The molecule has 194 valence electrons. The van der Waals surface area contributed by atoms with Gasteiger partial charge in [-0.2, -0.15) is 9.37 Å². The summed E-state index contributed by atoms with van der Waals surface area (Å²) in [7, 11) is -2.79. The Kier molecular flexibility index (Phi) is 5.11. The summed E-state index contributed by atoms with van der Waals surface area (Å²) in [5.41, 5.74) is 0.877. The Morgan fingerprint density at radius 3 is 2.78 bits per heavy atom. The summed E-state index contributed by atoms with van der Waals surface area (Å²) in [5, 5.41) is 22.9. The number of benzene rings is 1. The number of pyridine rings is 1. The highest BCUT2D eigenvalue weighted by Gasteiger charge is 2.50. The molecular formula is C27H30F2N6O2. The van der Waals surface area contributed by atoms with Crippen LogP contribution in [0, 0.1) is 5.95 Å². The van der Waals surface area contributed by atoms with Crippen LogP contribution in [0.15, 0.2) is 36.5 Å². The summed E-state index contributed by atoms with van der Waals surface area (Å²) >= 11 is 0. The number of ether oxygens (including phenoxy) is 1. The van der Waals surface area contributed by atoms with Crippen molar-refractivity contribution >= 4 is 5.82 Å². The van der Waals surface area contributed by atoms with Crippen LogP contribution >= 0.6 is 0 Å². The van der Waals surface area contributed by atoms with Crippen molar-refractivity contribution in [1.82, 2.24) is 25.5 Å². The van der Waals surface area contributed by atoms with Crippen LogP contribution in [0.5, 0.6) is 11.6 Å². The van der Waals surface area contributed by atoms with Crippen LogP contribution in [0.3, 0.4) is 0 Å². The molecule has 4 atom stereocenters. The monoisotopic (exact) mass is 511 g/mol. The molecule has 3 aromatic rings. The first-order valence-electron chi connectivity index (χ1n) is 14.1. The van der Waals surface area contributed by atoms with E-state index in [1.165, 1.54) is 12.1 Å². The summed E-state index contributed by atoms with van der Waals surface area (Å²) in [6.07, 6.45) is 6.05. The predicted molar refractivity (Wildman–Crippen MR) is 135 cm³/mol. The van der Waals surface area contributed by atoms with Gasteiger partial charge in [-0.25, -0.2) is 9.37 Å². The number of phenols is 1. The van der Waals surface area contributed by atoms with E-state index in [2.05, 4.69) is 37.3 Å². The third kappa shape index (κ3) is 4.58. The van der Waals surface area contributed by atoms with Gasteiger partial charge in [-0.05, 0) is 68.7 Å². The van der Waals surface area contributed by atoms with Crippen molar-refractivity contribution in [3.8, 4) is 34.1 Å². The average Bonchev–Trinajstić information content (AvgIpc) is 3.71. The molecule has 2 bridgehead atoms. The van der Waals surface area contributed by atoms with Crippen molar-refractivity contribution in [2.75, 3.05) is 11.9 Å². The molecule has 1 aromatic carbocycles. The zero-order chi connectivity index (χ0) is 28.2. The SMILES string of the molecule is [2H]C([2H])([2H])Oc1cc(-c2ccc(-c3ncc(N(C4CC4)[C@H]4C[C@]5(C)CCC[C@H](N5)[C@H]4F)nn3)c(O)c2)cc(F)n1. The molecule has 2 N–H and O–H groups in total. The maximum absolute atomic E-state index is 15.7. The van der Waals surface area contributed by atoms with Crippen LogP contribution in [-0.2, 0) is 0 Å². The molecule has 10 heteroatoms. The van der Waals surface area contributed by atoms with Crippen molar-refractivity contribution in [2.24, 2.45) is 0 Å². The second kappa shape index (κ2) is 9.16. The Labute approximate surface area is 218 Å². The first kappa shape index (κ1) is 20.6. The number of rotatable bonds is 6. The van der Waals surface area contributed by atoms with Crippen molar-refractivity contribution in [1.29, 1.82) is 0 Å². The first-order chi connectivity index (χ1) is 19.0. The molecule has 4 heterocycles. The Morgan fingerprint density at radius 1 is 1.19 bits per heavy atom. The van der Waals surface area contributed by atoms with E-state index in [-0.39, 0.29) is 40.8 Å². The zero-order valence-corrected chi connectivity index (χ0v) is 20.4. The minimum absolute atomic E-state index is 0.102. The number of halogens is 2. The Hall–Kier alpha value is -3.40. The third-order valence-electron chi connectivity index (χ3n) is 7.75. The minimum atomic E-state index is -2.79. The van der Waals surface area contributed by atoms with E-state index in [4.69, 9.17) is 8.85 Å². The molecule has 3 aliphatic rings. The van der Waals surface area contributed by atoms with E-state index < -0.39 is 25.0 Å². The number of alkyl halides is 1. The molecule has 0 spiro atoms. The van der Waals surface area contributed by atoms with E-state index >= 15 is 4.39 Å². The fourth-order valence-electron chi connectivity index (χ4n) is 5.88. The number of nitrogens with one attached hydrogen (secondary N) is 1. The number of piperidine rings is 2. The molecule has 1 saturated carbocycles. The lowest BCUT2D eigenvalue weighted by Gasteiger charge is -2.52. The van der Waals surface area contributed by atoms with E-state index in [1.54, 1.807) is 18.3 Å². The summed E-state index contributed by atoms with van der Waals surface area (Å²) in [5.74, 6) is -0.798. The Bertz CT molecular complexity index is 1410. The van der Waals surface area contributed by atoms with Gasteiger partial charge < -0.3 is 20.1 Å². The van der Waals surface area contributed by atoms with Gasteiger partial charge in [-0.1, -0.05) is 6.07 Å². The van der Waals surface area contributed by atoms with Crippen molar-refractivity contribution in [3.05, 3.63) is 42.5 Å². The predicted octanol–water partition coefficient (Wildman–Crippen LogP) is 4.43. The van der Waals surface area contributed by atoms with Gasteiger partial charge >= 0.3 is 0 Å². The second-order valence-corrected chi connectivity index (χ2v) is 10.5. The lowest BCUT2D eigenvalue weighted by molar-refractivity contribution is 0.0584. The molecule has 2 aromatic heterocycles. The zero-order valence-electron chi connectivity index (χ0n) is 23.4. The van der Waals surface area contributed by atoms with Gasteiger partial charge in [0.1, 0.15) is 11.9 Å². The quantitative estimate of drug-likeness (QED) is 0.469. The molecular weight excluding hydrogens is 478 g/mol. The van der Waals surface area contributed by atoms with E-state index in [0.29, 0.717) is 23.4 Å². The van der Waals surface area contributed by atoms with E-state index in [0.717, 1.165) is 38.2 Å². The molecule has 6 rings (SSSR count).